The number of hydrogen-bond donors (Lipinski definition) is 1. The lowest BCUT2D eigenvalue weighted by Gasteiger charge is -2.34. The van der Waals surface area contributed by atoms with Crippen molar-refractivity contribution in [2.45, 2.75) is 128 Å². The van der Waals surface area contributed by atoms with Crippen LogP contribution < -0.4 is 14.2 Å². The number of ketones is 1. The third-order valence-corrected chi connectivity index (χ3v) is 15.0. The monoisotopic (exact) mass is 847 g/mol. The second-order valence-electron chi connectivity index (χ2n) is 17.8. The molecule has 1 aromatic heterocycles. The third-order valence-electron chi connectivity index (χ3n) is 12.9. The van der Waals surface area contributed by atoms with E-state index in [2.05, 4.69) is 9.71 Å². The van der Waals surface area contributed by atoms with E-state index in [0.29, 0.717) is 43.9 Å². The van der Waals surface area contributed by atoms with Gasteiger partial charge in [-0.2, -0.15) is 0 Å². The van der Waals surface area contributed by atoms with Crippen LogP contribution in [0.2, 0.25) is 0 Å². The topological polar surface area (TPSA) is 158 Å². The van der Waals surface area contributed by atoms with Gasteiger partial charge < -0.3 is 19.1 Å². The number of alkyl halides is 3. The van der Waals surface area contributed by atoms with Crippen molar-refractivity contribution in [3.63, 3.8) is 0 Å². The first-order chi connectivity index (χ1) is 27.7. The van der Waals surface area contributed by atoms with Crippen LogP contribution in [0.4, 0.5) is 13.2 Å². The molecule has 2 saturated carbocycles. The molecular formula is C43H56F3N3O9S. The van der Waals surface area contributed by atoms with Crippen molar-refractivity contribution in [1.82, 2.24) is 14.6 Å². The Balaban J connectivity index is 1.35. The number of halogens is 3. The van der Waals surface area contributed by atoms with E-state index in [1.54, 1.807) is 24.4 Å². The maximum atomic E-state index is 14.9. The second-order valence-corrected chi connectivity index (χ2v) is 19.9. The highest BCUT2D eigenvalue weighted by Crippen LogP contribution is 2.58. The van der Waals surface area contributed by atoms with Crippen LogP contribution in [0.3, 0.4) is 0 Å². The average Bonchev–Trinajstić information content (AvgIpc) is 4.06. The minimum absolute atomic E-state index is 0.0157. The van der Waals surface area contributed by atoms with Crippen molar-refractivity contribution in [2.24, 2.45) is 29.1 Å². The number of nitrogens with zero attached hydrogens (tertiary/aromatic N) is 2. The molecule has 3 fully saturated rings. The Morgan fingerprint density at radius 2 is 1.81 bits per heavy atom. The van der Waals surface area contributed by atoms with Crippen LogP contribution in [0.1, 0.15) is 99.3 Å². The maximum Gasteiger partial charge on any atom is 0.307 e. The molecule has 12 nitrogen and oxygen atoms in total. The van der Waals surface area contributed by atoms with Gasteiger partial charge in [0.2, 0.25) is 27.7 Å². The SMILES string of the molecule is CCOc1ccc2c(O[C@@H]3C[C@H]4C(=O)C[C@]5(C(=O)NS(=O)(=O)C6(CF)CC6)C[C@H]5/C=C\CC[C@H](C)C[C@@H](C)[C@H](CC(=O)OC(C)(C)C(C)(F)F)C(=O)N4C3)nccc2c1. The fraction of sp³-hybridized carbons (Fsp3) is 0.651. The van der Waals surface area contributed by atoms with E-state index in [1.165, 1.54) is 4.90 Å². The molecular weight excluding hydrogens is 792 g/mol. The Labute approximate surface area is 344 Å². The van der Waals surface area contributed by atoms with E-state index in [4.69, 9.17) is 14.2 Å². The molecule has 16 heteroatoms. The zero-order valence-corrected chi connectivity index (χ0v) is 35.4. The number of hydrogen-bond acceptors (Lipinski definition) is 10. The number of aromatic nitrogens is 1. The van der Waals surface area contributed by atoms with E-state index in [9.17, 15) is 40.8 Å². The number of amides is 2. The Hall–Kier alpha value is -4.21. The predicted molar refractivity (Wildman–Crippen MR) is 213 cm³/mol. The van der Waals surface area contributed by atoms with Gasteiger partial charge in [0, 0.05) is 31.3 Å². The molecule has 0 radical (unpaired) electrons. The fourth-order valence-electron chi connectivity index (χ4n) is 8.47. The van der Waals surface area contributed by atoms with E-state index in [-0.39, 0.29) is 44.0 Å². The predicted octanol–water partition coefficient (Wildman–Crippen LogP) is 6.89. The fourth-order valence-corrected chi connectivity index (χ4v) is 9.92. The largest absolute Gasteiger partial charge is 0.494 e. The number of allylic oxidation sites excluding steroid dienone is 2. The highest BCUT2D eigenvalue weighted by molar-refractivity contribution is 7.91. The van der Waals surface area contributed by atoms with Crippen LogP contribution in [-0.4, -0.2) is 90.1 Å². The molecule has 6 rings (SSSR count). The van der Waals surface area contributed by atoms with Crippen molar-refractivity contribution >= 4 is 44.4 Å². The van der Waals surface area contributed by atoms with Crippen molar-refractivity contribution < 1.29 is 55.0 Å². The van der Waals surface area contributed by atoms with Crippen LogP contribution in [0.15, 0.2) is 42.6 Å². The van der Waals surface area contributed by atoms with Crippen molar-refractivity contribution in [1.29, 1.82) is 0 Å². The van der Waals surface area contributed by atoms with E-state index in [1.807, 2.05) is 39.0 Å². The Morgan fingerprint density at radius 3 is 2.47 bits per heavy atom. The molecule has 1 aromatic carbocycles. The summed E-state index contributed by atoms with van der Waals surface area (Å²) in [7, 11) is -4.39. The van der Waals surface area contributed by atoms with Crippen LogP contribution in [0.5, 0.6) is 11.6 Å². The summed E-state index contributed by atoms with van der Waals surface area (Å²) in [4.78, 5) is 62.8. The van der Waals surface area contributed by atoms with Gasteiger partial charge in [0.15, 0.2) is 11.4 Å². The van der Waals surface area contributed by atoms with Crippen LogP contribution in [-0.2, 0) is 33.9 Å². The molecule has 7 atom stereocenters. The molecule has 2 aliphatic heterocycles. The first-order valence-electron chi connectivity index (χ1n) is 20.6. The highest BCUT2D eigenvalue weighted by atomic mass is 32.2. The number of rotatable bonds is 12. The van der Waals surface area contributed by atoms with Gasteiger partial charge in [-0.05, 0) is 107 Å². The van der Waals surface area contributed by atoms with Crippen LogP contribution >= 0.6 is 0 Å². The van der Waals surface area contributed by atoms with Gasteiger partial charge >= 0.3 is 5.97 Å². The van der Waals surface area contributed by atoms with E-state index < -0.39 is 105 Å². The lowest BCUT2D eigenvalue weighted by atomic mass is 9.82. The summed E-state index contributed by atoms with van der Waals surface area (Å²) < 4.78 is 87.0. The number of fused-ring (bicyclic) bond motifs is 3. The van der Waals surface area contributed by atoms with Gasteiger partial charge in [0.25, 0.3) is 5.92 Å². The molecule has 0 spiro atoms. The zero-order chi connectivity index (χ0) is 43.1. The first kappa shape index (κ1) is 44.3. The number of Topliss-reactive ketones (excluding diaryl/α,β-unsaturated/α-hetero) is 1. The summed E-state index contributed by atoms with van der Waals surface area (Å²) in [5.74, 6) is -7.41. The minimum atomic E-state index is -4.39. The molecule has 0 bridgehead atoms. The zero-order valence-electron chi connectivity index (χ0n) is 34.6. The number of nitrogens with one attached hydrogen (secondary N) is 1. The average molecular weight is 848 g/mol. The van der Waals surface area contributed by atoms with Gasteiger partial charge in [0.1, 0.15) is 23.3 Å². The summed E-state index contributed by atoms with van der Waals surface area (Å²) >= 11 is 0. The van der Waals surface area contributed by atoms with Gasteiger partial charge in [-0.1, -0.05) is 26.0 Å². The van der Waals surface area contributed by atoms with Gasteiger partial charge in [-0.25, -0.2) is 26.6 Å². The van der Waals surface area contributed by atoms with Crippen LogP contribution in [0.25, 0.3) is 10.8 Å². The molecule has 3 heterocycles. The first-order valence-corrected chi connectivity index (χ1v) is 22.0. The number of benzene rings is 1. The van der Waals surface area contributed by atoms with Crippen molar-refractivity contribution in [3.05, 3.63) is 42.6 Å². The Morgan fingerprint density at radius 1 is 1.08 bits per heavy atom. The van der Waals surface area contributed by atoms with E-state index >= 15 is 0 Å². The number of carbonyl (C=O) groups is 4. The smallest absolute Gasteiger partial charge is 0.307 e. The van der Waals surface area contributed by atoms with Gasteiger partial charge in [-0.15, -0.1) is 0 Å². The third kappa shape index (κ3) is 9.26. The minimum Gasteiger partial charge on any atom is -0.494 e. The number of pyridine rings is 1. The van der Waals surface area contributed by atoms with Crippen molar-refractivity contribution in [2.75, 3.05) is 19.8 Å². The molecule has 2 aliphatic carbocycles. The lowest BCUT2D eigenvalue weighted by Crippen LogP contribution is -2.49. The normalized spacial score (nSPS) is 29.3. The van der Waals surface area contributed by atoms with Crippen LogP contribution in [0, 0.1) is 29.1 Å². The quantitative estimate of drug-likeness (QED) is 0.176. The van der Waals surface area contributed by atoms with Crippen molar-refractivity contribution in [3.8, 4) is 11.6 Å². The molecule has 2 aromatic rings. The molecule has 1 saturated heterocycles. The molecule has 2 amide bonds. The summed E-state index contributed by atoms with van der Waals surface area (Å²) in [6.07, 6.45) is 5.62. The summed E-state index contributed by atoms with van der Waals surface area (Å²) in [6, 6.07) is 6.04. The maximum absolute atomic E-state index is 14.9. The Bertz CT molecular complexity index is 2090. The van der Waals surface area contributed by atoms with Gasteiger partial charge in [-0.3, -0.25) is 23.9 Å². The molecule has 324 valence electrons. The number of esters is 1. The number of carbonyl (C=O) groups excluding carboxylic acids is 4. The summed E-state index contributed by atoms with van der Waals surface area (Å²) in [6.45, 7) is 7.76. The highest BCUT2D eigenvalue weighted by Gasteiger charge is 2.63. The lowest BCUT2D eigenvalue weighted by molar-refractivity contribution is -0.197. The summed E-state index contributed by atoms with van der Waals surface area (Å²) in [5, 5.41) is 1.43. The number of ether oxygens (including phenoxy) is 3. The summed E-state index contributed by atoms with van der Waals surface area (Å²) in [5.41, 5.74) is -3.63. The standard InChI is InChI=1S/C43H56F3N3O9S/c1-7-56-30-12-13-32-28(19-30)14-17-47-37(32)57-31-20-34-35(50)23-43(39(53)48-59(54,55)42(25-44)15-16-42)22-29(43)11-9-8-10-26(2)18-27(3)33(38(52)49(34)24-31)21-36(51)58-40(4,5)41(6,45)46/h9,11-14,17,19,26-27,29,31,33-34H,7-8,10,15-16,18,20-25H2,1-6H3,(H,48,53)/b11-9-/t26-,27+,29+,31+,33-,34-,43+/m0/s1. The van der Waals surface area contributed by atoms with Gasteiger partial charge in [0.05, 0.1) is 36.9 Å². The number of sulfonamides is 1. The van der Waals surface area contributed by atoms with E-state index in [0.717, 1.165) is 19.2 Å². The molecule has 4 aliphatic rings. The Kier molecular flexibility index (Phi) is 12.5. The molecule has 0 unspecified atom stereocenters. The molecule has 59 heavy (non-hydrogen) atoms. The second kappa shape index (κ2) is 16.7. The molecule has 1 N–H and O–H groups in total.